The lowest BCUT2D eigenvalue weighted by atomic mass is 9.95. The number of benzene rings is 1. The van der Waals surface area contributed by atoms with Gasteiger partial charge in [0.15, 0.2) is 5.16 Å². The van der Waals surface area contributed by atoms with Crippen LogP contribution in [-0.2, 0) is 5.75 Å². The molecule has 0 amide bonds. The van der Waals surface area contributed by atoms with Gasteiger partial charge in [-0.1, -0.05) is 42.6 Å². The fourth-order valence-corrected chi connectivity index (χ4v) is 4.82. The molecule has 0 saturated heterocycles. The summed E-state index contributed by atoms with van der Waals surface area (Å²) in [5, 5.41) is 1.81. The molecule has 0 atom stereocenters. The van der Waals surface area contributed by atoms with Crippen LogP contribution in [0.25, 0.3) is 10.9 Å². The molecular weight excluding hydrogens is 422 g/mol. The second-order valence-electron chi connectivity index (χ2n) is 7.62. The summed E-state index contributed by atoms with van der Waals surface area (Å²) in [6.45, 7) is 0. The largest absolute Gasteiger partial charge is 0.368 e. The smallest absolute Gasteiger partial charge is 0.262 e. The van der Waals surface area contributed by atoms with Crippen molar-refractivity contribution in [2.75, 3.05) is 24.7 Å². The predicted molar refractivity (Wildman–Crippen MR) is 121 cm³/mol. The zero-order chi connectivity index (χ0) is 21.3. The van der Waals surface area contributed by atoms with Gasteiger partial charge in [-0.25, -0.2) is 4.98 Å². The number of hydrogen-bond acceptors (Lipinski definition) is 8. The Bertz CT molecular complexity index is 1130. The zero-order valence-electron chi connectivity index (χ0n) is 17.0. The molecule has 2 N–H and O–H groups in total. The standard InChI is InChI=1S/C20H24ClN7OS/c1-27(2)19-25-16(24-18(22)26-19)11-30-20-23-15-10-12(21)8-9-14(15)17(29)28(20)13-6-4-3-5-7-13/h8-10,13H,3-7,11H2,1-2H3,(H2,22,24,25,26). The number of nitrogens with two attached hydrogens (primary N) is 1. The first-order valence-corrected chi connectivity index (χ1v) is 11.3. The third kappa shape index (κ3) is 4.37. The number of halogens is 1. The average Bonchev–Trinajstić information content (AvgIpc) is 2.72. The van der Waals surface area contributed by atoms with E-state index in [4.69, 9.17) is 22.3 Å². The van der Waals surface area contributed by atoms with Gasteiger partial charge in [-0.15, -0.1) is 0 Å². The summed E-state index contributed by atoms with van der Waals surface area (Å²) in [4.78, 5) is 32.8. The number of fused-ring (bicyclic) bond motifs is 1. The summed E-state index contributed by atoms with van der Waals surface area (Å²) in [6, 6.07) is 5.39. The molecule has 1 fully saturated rings. The molecule has 158 valence electrons. The van der Waals surface area contributed by atoms with Crippen molar-refractivity contribution in [2.24, 2.45) is 0 Å². The summed E-state index contributed by atoms with van der Waals surface area (Å²) in [5.74, 6) is 1.65. The Kier molecular flexibility index (Phi) is 6.10. The van der Waals surface area contributed by atoms with Gasteiger partial charge in [0, 0.05) is 25.2 Å². The molecule has 1 saturated carbocycles. The fourth-order valence-electron chi connectivity index (χ4n) is 3.73. The minimum Gasteiger partial charge on any atom is -0.368 e. The van der Waals surface area contributed by atoms with E-state index in [0.717, 1.165) is 25.7 Å². The number of anilines is 2. The van der Waals surface area contributed by atoms with Crippen LogP contribution < -0.4 is 16.2 Å². The third-order valence-electron chi connectivity index (χ3n) is 5.19. The Hall–Kier alpha value is -2.39. The molecule has 8 nitrogen and oxygen atoms in total. The molecule has 2 heterocycles. The SMILES string of the molecule is CN(C)c1nc(N)nc(CSc2nc3cc(Cl)ccc3c(=O)n2C2CCCCC2)n1. The zero-order valence-corrected chi connectivity index (χ0v) is 18.6. The lowest BCUT2D eigenvalue weighted by Gasteiger charge is -2.26. The maximum Gasteiger partial charge on any atom is 0.262 e. The molecule has 10 heteroatoms. The molecule has 0 bridgehead atoms. The molecule has 1 aliphatic carbocycles. The van der Waals surface area contributed by atoms with E-state index >= 15 is 0 Å². The second-order valence-corrected chi connectivity index (χ2v) is 8.99. The highest BCUT2D eigenvalue weighted by molar-refractivity contribution is 7.98. The van der Waals surface area contributed by atoms with Crippen molar-refractivity contribution in [3.63, 3.8) is 0 Å². The van der Waals surface area contributed by atoms with Crippen LogP contribution >= 0.6 is 23.4 Å². The quantitative estimate of drug-likeness (QED) is 0.468. The van der Waals surface area contributed by atoms with Crippen LogP contribution in [0.5, 0.6) is 0 Å². The molecule has 4 rings (SSSR count). The van der Waals surface area contributed by atoms with E-state index in [2.05, 4.69) is 15.0 Å². The number of thioether (sulfide) groups is 1. The summed E-state index contributed by atoms with van der Waals surface area (Å²) < 4.78 is 1.86. The molecule has 0 aliphatic heterocycles. The number of nitrogen functional groups attached to an aromatic ring is 1. The van der Waals surface area contributed by atoms with Crippen molar-refractivity contribution in [2.45, 2.75) is 49.1 Å². The Morgan fingerprint density at radius 2 is 1.93 bits per heavy atom. The van der Waals surface area contributed by atoms with Gasteiger partial charge in [-0.2, -0.15) is 15.0 Å². The lowest BCUT2D eigenvalue weighted by Crippen LogP contribution is -2.29. The van der Waals surface area contributed by atoms with Crippen molar-refractivity contribution < 1.29 is 0 Å². The van der Waals surface area contributed by atoms with Gasteiger partial charge in [0.05, 0.1) is 16.7 Å². The van der Waals surface area contributed by atoms with E-state index in [9.17, 15) is 4.79 Å². The first-order valence-electron chi connectivity index (χ1n) is 9.94. The van der Waals surface area contributed by atoms with Gasteiger partial charge in [-0.3, -0.25) is 9.36 Å². The van der Waals surface area contributed by atoms with E-state index in [1.807, 2.05) is 18.7 Å². The average molecular weight is 446 g/mol. The molecule has 1 aliphatic rings. The van der Waals surface area contributed by atoms with Crippen LogP contribution in [-0.4, -0.2) is 38.6 Å². The van der Waals surface area contributed by atoms with Gasteiger partial charge in [0.25, 0.3) is 5.56 Å². The molecule has 0 spiro atoms. The highest BCUT2D eigenvalue weighted by atomic mass is 35.5. The highest BCUT2D eigenvalue weighted by Crippen LogP contribution is 2.32. The Labute approximate surface area is 183 Å². The Morgan fingerprint density at radius 1 is 1.17 bits per heavy atom. The minimum atomic E-state index is -0.0183. The van der Waals surface area contributed by atoms with Gasteiger partial charge in [-0.05, 0) is 31.0 Å². The number of aromatic nitrogens is 5. The predicted octanol–water partition coefficient (Wildman–Crippen LogP) is 3.68. The van der Waals surface area contributed by atoms with E-state index in [1.54, 1.807) is 23.1 Å². The number of rotatable bonds is 5. The molecule has 0 radical (unpaired) electrons. The highest BCUT2D eigenvalue weighted by Gasteiger charge is 2.22. The normalized spacial score (nSPS) is 14.9. The number of hydrogen-bond donors (Lipinski definition) is 1. The first-order chi connectivity index (χ1) is 14.4. The summed E-state index contributed by atoms with van der Waals surface area (Å²) in [7, 11) is 3.70. The first kappa shape index (κ1) is 20.9. The van der Waals surface area contributed by atoms with Crippen molar-refractivity contribution in [3.05, 3.63) is 39.4 Å². The van der Waals surface area contributed by atoms with E-state index in [0.29, 0.717) is 38.6 Å². The van der Waals surface area contributed by atoms with Crippen LogP contribution in [0.15, 0.2) is 28.2 Å². The van der Waals surface area contributed by atoms with E-state index < -0.39 is 0 Å². The van der Waals surface area contributed by atoms with Crippen LogP contribution in [0.1, 0.15) is 44.0 Å². The van der Waals surface area contributed by atoms with E-state index in [-0.39, 0.29) is 17.5 Å². The van der Waals surface area contributed by atoms with Crippen molar-refractivity contribution in [3.8, 4) is 0 Å². The van der Waals surface area contributed by atoms with Crippen LogP contribution in [0, 0.1) is 0 Å². The van der Waals surface area contributed by atoms with Crippen molar-refractivity contribution >= 4 is 46.2 Å². The molecule has 3 aromatic rings. The monoisotopic (exact) mass is 445 g/mol. The van der Waals surface area contributed by atoms with Gasteiger partial charge >= 0.3 is 0 Å². The molecule has 2 aromatic heterocycles. The van der Waals surface area contributed by atoms with Crippen LogP contribution in [0.2, 0.25) is 5.02 Å². The Morgan fingerprint density at radius 3 is 2.67 bits per heavy atom. The maximum absolute atomic E-state index is 13.4. The van der Waals surface area contributed by atoms with E-state index in [1.165, 1.54) is 18.2 Å². The summed E-state index contributed by atoms with van der Waals surface area (Å²) in [6.07, 6.45) is 5.42. The topological polar surface area (TPSA) is 103 Å². The Balaban J connectivity index is 1.74. The summed E-state index contributed by atoms with van der Waals surface area (Å²) in [5.41, 5.74) is 6.43. The molecule has 1 aromatic carbocycles. The molecule has 0 unspecified atom stereocenters. The van der Waals surface area contributed by atoms with Gasteiger partial charge in [0.1, 0.15) is 5.82 Å². The van der Waals surface area contributed by atoms with Crippen LogP contribution in [0.4, 0.5) is 11.9 Å². The van der Waals surface area contributed by atoms with Crippen molar-refractivity contribution in [1.29, 1.82) is 0 Å². The third-order valence-corrected chi connectivity index (χ3v) is 6.37. The number of nitrogens with zero attached hydrogens (tertiary/aromatic N) is 6. The maximum atomic E-state index is 13.4. The second kappa shape index (κ2) is 8.77. The lowest BCUT2D eigenvalue weighted by molar-refractivity contribution is 0.326. The molecular formula is C20H24ClN7OS. The van der Waals surface area contributed by atoms with Crippen molar-refractivity contribution in [1.82, 2.24) is 24.5 Å². The fraction of sp³-hybridized carbons (Fsp3) is 0.450. The summed E-state index contributed by atoms with van der Waals surface area (Å²) >= 11 is 7.59. The van der Waals surface area contributed by atoms with Gasteiger partial charge in [0.2, 0.25) is 11.9 Å². The van der Waals surface area contributed by atoms with Gasteiger partial charge < -0.3 is 10.6 Å². The molecule has 30 heavy (non-hydrogen) atoms. The van der Waals surface area contributed by atoms with Crippen LogP contribution in [0.3, 0.4) is 0 Å². The minimum absolute atomic E-state index is 0.0183.